The molecular formula is C7H16BN. The molecule has 0 aliphatic carbocycles. The maximum absolute atomic E-state index is 5.47. The quantitative estimate of drug-likeness (QED) is 0.446. The van der Waals surface area contributed by atoms with E-state index in [1.54, 1.807) is 0 Å². The van der Waals surface area contributed by atoms with Crippen molar-refractivity contribution in [3.63, 3.8) is 0 Å². The SMILES string of the molecule is CC=CC(C)C(C)BN. The Labute approximate surface area is 58.6 Å². The largest absolute Gasteiger partial charge is 0.373 e. The second kappa shape index (κ2) is 4.63. The van der Waals surface area contributed by atoms with Gasteiger partial charge in [-0.1, -0.05) is 26.0 Å². The average Bonchev–Trinajstić information content (AvgIpc) is 1.87. The van der Waals surface area contributed by atoms with Gasteiger partial charge in [-0.3, -0.25) is 0 Å². The highest BCUT2D eigenvalue weighted by atomic mass is 14.4. The van der Waals surface area contributed by atoms with Gasteiger partial charge >= 0.3 is 0 Å². The van der Waals surface area contributed by atoms with E-state index in [4.69, 9.17) is 5.64 Å². The van der Waals surface area contributed by atoms with Crippen LogP contribution in [0.25, 0.3) is 0 Å². The Kier molecular flexibility index (Phi) is 4.50. The molecule has 1 nitrogen and oxygen atoms in total. The van der Waals surface area contributed by atoms with Crippen molar-refractivity contribution in [2.45, 2.75) is 26.6 Å². The van der Waals surface area contributed by atoms with Gasteiger partial charge in [0.15, 0.2) is 0 Å². The predicted octanol–water partition coefficient (Wildman–Crippen LogP) is 1.32. The van der Waals surface area contributed by atoms with Gasteiger partial charge in [-0.2, -0.15) is 0 Å². The molecule has 2 N–H and O–H groups in total. The lowest BCUT2D eigenvalue weighted by atomic mass is 9.71. The van der Waals surface area contributed by atoms with Crippen molar-refractivity contribution in [3.05, 3.63) is 12.2 Å². The molecule has 2 atom stereocenters. The molecular weight excluding hydrogens is 109 g/mol. The average molecular weight is 125 g/mol. The predicted molar refractivity (Wildman–Crippen MR) is 44.7 cm³/mol. The maximum atomic E-state index is 5.47. The third-order valence-corrected chi connectivity index (χ3v) is 1.77. The van der Waals surface area contributed by atoms with Gasteiger partial charge in [0.25, 0.3) is 0 Å². The fraction of sp³-hybridized carbons (Fsp3) is 0.714. The van der Waals surface area contributed by atoms with E-state index < -0.39 is 0 Å². The Hall–Kier alpha value is -0.235. The molecule has 0 rings (SSSR count). The summed E-state index contributed by atoms with van der Waals surface area (Å²) in [6.07, 6.45) is 4.27. The molecule has 0 aliphatic heterocycles. The molecule has 0 aromatic carbocycles. The minimum absolute atomic E-state index is 0.612. The second-order valence-electron chi connectivity index (χ2n) is 2.60. The minimum Gasteiger partial charge on any atom is -0.373 e. The van der Waals surface area contributed by atoms with E-state index >= 15 is 0 Å². The number of nitrogens with two attached hydrogens (primary N) is 1. The normalized spacial score (nSPS) is 17.8. The number of hydrogen-bond acceptors (Lipinski definition) is 1. The summed E-state index contributed by atoms with van der Waals surface area (Å²) in [6.45, 7) is 6.40. The zero-order valence-corrected chi connectivity index (χ0v) is 6.59. The first-order chi connectivity index (χ1) is 4.22. The molecule has 0 spiro atoms. The van der Waals surface area contributed by atoms with Crippen LogP contribution in [-0.4, -0.2) is 7.41 Å². The lowest BCUT2D eigenvalue weighted by Gasteiger charge is -2.11. The minimum atomic E-state index is 0.612. The summed E-state index contributed by atoms with van der Waals surface area (Å²) in [5.74, 6) is 1.24. The molecule has 52 valence electrons. The van der Waals surface area contributed by atoms with Gasteiger partial charge in [0.05, 0.1) is 0 Å². The van der Waals surface area contributed by atoms with Crippen molar-refractivity contribution in [2.75, 3.05) is 0 Å². The van der Waals surface area contributed by atoms with Crippen molar-refractivity contribution < 1.29 is 0 Å². The second-order valence-corrected chi connectivity index (χ2v) is 2.60. The fourth-order valence-electron chi connectivity index (χ4n) is 0.708. The molecule has 0 aliphatic rings. The van der Waals surface area contributed by atoms with Gasteiger partial charge < -0.3 is 5.64 Å². The molecule has 2 unspecified atom stereocenters. The zero-order chi connectivity index (χ0) is 7.28. The summed E-state index contributed by atoms with van der Waals surface area (Å²) in [4.78, 5) is 0. The van der Waals surface area contributed by atoms with E-state index in [9.17, 15) is 0 Å². The summed E-state index contributed by atoms with van der Waals surface area (Å²) >= 11 is 0. The number of allylic oxidation sites excluding steroid dienone is 2. The zero-order valence-electron chi connectivity index (χ0n) is 6.59. The van der Waals surface area contributed by atoms with Crippen molar-refractivity contribution in [3.8, 4) is 0 Å². The summed E-state index contributed by atoms with van der Waals surface area (Å²) in [5, 5.41) is 0. The first-order valence-corrected chi connectivity index (χ1v) is 3.55. The smallest absolute Gasteiger partial charge is 0.201 e. The van der Waals surface area contributed by atoms with Crippen LogP contribution >= 0.6 is 0 Å². The van der Waals surface area contributed by atoms with Gasteiger partial charge in [-0.15, -0.1) is 0 Å². The molecule has 0 radical (unpaired) electrons. The molecule has 0 bridgehead atoms. The van der Waals surface area contributed by atoms with Crippen LogP contribution in [-0.2, 0) is 0 Å². The van der Waals surface area contributed by atoms with Gasteiger partial charge in [0.1, 0.15) is 0 Å². The Balaban J connectivity index is 3.58. The van der Waals surface area contributed by atoms with E-state index in [1.807, 2.05) is 6.92 Å². The summed E-state index contributed by atoms with van der Waals surface area (Å²) in [7, 11) is 0.783. The highest BCUT2D eigenvalue weighted by Gasteiger charge is 2.06. The summed E-state index contributed by atoms with van der Waals surface area (Å²) in [6, 6.07) is 0. The summed E-state index contributed by atoms with van der Waals surface area (Å²) < 4.78 is 0. The van der Waals surface area contributed by atoms with Crippen LogP contribution in [0.15, 0.2) is 12.2 Å². The molecule has 0 aromatic rings. The maximum Gasteiger partial charge on any atom is 0.201 e. The Bertz CT molecular complexity index is 90.9. The standard InChI is InChI=1S/C7H16BN/c1-4-5-6(2)7(3)8-9/h4-8H,9H2,1-3H3. The van der Waals surface area contributed by atoms with Crippen molar-refractivity contribution >= 4 is 7.41 Å². The molecule has 0 saturated heterocycles. The van der Waals surface area contributed by atoms with Crippen LogP contribution in [0.2, 0.25) is 5.82 Å². The Morgan fingerprint density at radius 3 is 2.33 bits per heavy atom. The van der Waals surface area contributed by atoms with Crippen LogP contribution in [0.4, 0.5) is 0 Å². The molecule has 0 aromatic heterocycles. The van der Waals surface area contributed by atoms with Crippen LogP contribution in [0.1, 0.15) is 20.8 Å². The first-order valence-electron chi connectivity index (χ1n) is 3.55. The molecule has 2 heteroatoms. The van der Waals surface area contributed by atoms with E-state index in [0.717, 1.165) is 7.41 Å². The van der Waals surface area contributed by atoms with E-state index in [1.165, 1.54) is 0 Å². The van der Waals surface area contributed by atoms with Crippen molar-refractivity contribution in [1.29, 1.82) is 0 Å². The van der Waals surface area contributed by atoms with Gasteiger partial charge in [-0.25, -0.2) is 0 Å². The van der Waals surface area contributed by atoms with E-state index in [-0.39, 0.29) is 0 Å². The topological polar surface area (TPSA) is 26.0 Å². The number of rotatable bonds is 3. The van der Waals surface area contributed by atoms with Crippen LogP contribution < -0.4 is 5.64 Å². The van der Waals surface area contributed by atoms with E-state index in [0.29, 0.717) is 11.7 Å². The number of hydrogen-bond donors (Lipinski definition) is 1. The first kappa shape index (κ1) is 8.76. The van der Waals surface area contributed by atoms with Gasteiger partial charge in [0.2, 0.25) is 7.41 Å². The third-order valence-electron chi connectivity index (χ3n) is 1.77. The third kappa shape index (κ3) is 3.36. The Morgan fingerprint density at radius 1 is 1.44 bits per heavy atom. The fourth-order valence-corrected chi connectivity index (χ4v) is 0.708. The van der Waals surface area contributed by atoms with Crippen LogP contribution in [0, 0.1) is 5.92 Å². The van der Waals surface area contributed by atoms with Crippen molar-refractivity contribution in [2.24, 2.45) is 11.6 Å². The molecule has 0 amide bonds. The van der Waals surface area contributed by atoms with E-state index in [2.05, 4.69) is 26.0 Å². The molecule has 0 heterocycles. The lowest BCUT2D eigenvalue weighted by Crippen LogP contribution is -2.15. The molecule has 0 fully saturated rings. The van der Waals surface area contributed by atoms with Crippen LogP contribution in [0.5, 0.6) is 0 Å². The van der Waals surface area contributed by atoms with Gasteiger partial charge in [-0.05, 0) is 18.7 Å². The monoisotopic (exact) mass is 125 g/mol. The molecule has 0 saturated carbocycles. The summed E-state index contributed by atoms with van der Waals surface area (Å²) in [5.41, 5.74) is 5.47. The lowest BCUT2D eigenvalue weighted by molar-refractivity contribution is 0.687. The Morgan fingerprint density at radius 2 is 2.00 bits per heavy atom. The van der Waals surface area contributed by atoms with Crippen LogP contribution in [0.3, 0.4) is 0 Å². The van der Waals surface area contributed by atoms with Crippen molar-refractivity contribution in [1.82, 2.24) is 0 Å². The molecule has 9 heavy (non-hydrogen) atoms. The highest BCUT2D eigenvalue weighted by molar-refractivity contribution is 6.33. The van der Waals surface area contributed by atoms with Gasteiger partial charge in [0, 0.05) is 0 Å². The highest BCUT2D eigenvalue weighted by Crippen LogP contribution is 2.14.